The molecule has 0 aromatic heterocycles. The second-order valence-electron chi connectivity index (χ2n) is 5.17. The summed E-state index contributed by atoms with van der Waals surface area (Å²) in [5.41, 5.74) is -0.716. The third kappa shape index (κ3) is 2.25. The Hall–Kier alpha value is -0.120. The van der Waals surface area contributed by atoms with Gasteiger partial charge in [0.25, 0.3) is 0 Å². The van der Waals surface area contributed by atoms with Gasteiger partial charge in [0.1, 0.15) is 5.82 Å². The van der Waals surface area contributed by atoms with Crippen molar-refractivity contribution in [2.45, 2.75) is 32.3 Å². The lowest BCUT2D eigenvalue weighted by atomic mass is 9.63. The van der Waals surface area contributed by atoms with Crippen LogP contribution in [-0.4, -0.2) is 5.11 Å². The molecule has 0 heterocycles. The maximum Gasteiger partial charge on any atom is 0.149 e. The number of hydrogen-bond acceptors (Lipinski definition) is 1. The molecular weight excluding hydrogens is 306 g/mol. The van der Waals surface area contributed by atoms with Crippen LogP contribution in [0.15, 0.2) is 16.6 Å². The number of rotatable bonds is 2. The largest absolute Gasteiger partial charge is 0.385 e. The number of aliphatic hydroxyl groups is 1. The van der Waals surface area contributed by atoms with E-state index >= 15 is 0 Å². The Morgan fingerprint density at radius 3 is 2.59 bits per heavy atom. The Morgan fingerprint density at radius 2 is 2.06 bits per heavy atom. The van der Waals surface area contributed by atoms with E-state index in [2.05, 4.69) is 29.8 Å². The van der Waals surface area contributed by atoms with Gasteiger partial charge in [0, 0.05) is 10.0 Å². The van der Waals surface area contributed by atoms with Crippen molar-refractivity contribution in [2.75, 3.05) is 0 Å². The molecule has 94 valence electrons. The molecule has 1 nitrogen and oxygen atoms in total. The average Bonchev–Trinajstić information content (AvgIpc) is 2.21. The van der Waals surface area contributed by atoms with E-state index in [1.54, 1.807) is 12.1 Å². The Kier molecular flexibility index (Phi) is 3.54. The molecular formula is C13H15BrClFO. The van der Waals surface area contributed by atoms with E-state index < -0.39 is 11.4 Å². The van der Waals surface area contributed by atoms with Crippen LogP contribution in [0, 0.1) is 17.7 Å². The molecule has 1 aromatic carbocycles. The van der Waals surface area contributed by atoms with Crippen LogP contribution >= 0.6 is 27.5 Å². The maximum absolute atomic E-state index is 14.0. The molecule has 0 spiro atoms. The minimum atomic E-state index is -1.04. The van der Waals surface area contributed by atoms with E-state index in [1.807, 2.05) is 0 Å². The van der Waals surface area contributed by atoms with Gasteiger partial charge in [-0.1, -0.05) is 31.5 Å². The van der Waals surface area contributed by atoms with E-state index in [9.17, 15) is 9.50 Å². The van der Waals surface area contributed by atoms with Gasteiger partial charge in [-0.3, -0.25) is 0 Å². The molecule has 4 heteroatoms. The standard InChI is InChI=1S/C13H15BrClFO/c1-7(2)8-5-13(17,6-8)9-3-4-10(14)11(15)12(9)16/h3-4,7-8,17H,5-6H2,1-2H3. The van der Waals surface area contributed by atoms with Gasteiger partial charge in [-0.15, -0.1) is 0 Å². The highest BCUT2D eigenvalue weighted by Crippen LogP contribution is 2.50. The number of benzene rings is 1. The predicted molar refractivity (Wildman–Crippen MR) is 70.6 cm³/mol. The van der Waals surface area contributed by atoms with Crippen molar-refractivity contribution >= 4 is 27.5 Å². The Bertz CT molecular complexity index is 441. The fourth-order valence-electron chi connectivity index (χ4n) is 2.38. The molecule has 17 heavy (non-hydrogen) atoms. The van der Waals surface area contributed by atoms with Gasteiger partial charge >= 0.3 is 0 Å². The summed E-state index contributed by atoms with van der Waals surface area (Å²) in [5, 5.41) is 10.4. The molecule has 0 unspecified atom stereocenters. The van der Waals surface area contributed by atoms with Gasteiger partial charge < -0.3 is 5.11 Å². The zero-order valence-corrected chi connectivity index (χ0v) is 12.1. The average molecular weight is 322 g/mol. The Labute approximate surface area is 114 Å². The van der Waals surface area contributed by atoms with Crippen molar-refractivity contribution in [3.63, 3.8) is 0 Å². The summed E-state index contributed by atoms with van der Waals surface area (Å²) < 4.78 is 14.5. The van der Waals surface area contributed by atoms with E-state index in [-0.39, 0.29) is 5.02 Å². The third-order valence-corrected chi connectivity index (χ3v) is 4.94. The highest BCUT2D eigenvalue weighted by Gasteiger charge is 2.46. The van der Waals surface area contributed by atoms with Crippen LogP contribution in [-0.2, 0) is 5.60 Å². The number of hydrogen-bond donors (Lipinski definition) is 1. The van der Waals surface area contributed by atoms with Crippen molar-refractivity contribution in [3.8, 4) is 0 Å². The zero-order valence-electron chi connectivity index (χ0n) is 9.80. The first-order valence-corrected chi connectivity index (χ1v) is 6.88. The van der Waals surface area contributed by atoms with E-state index in [0.717, 1.165) is 0 Å². The lowest BCUT2D eigenvalue weighted by Gasteiger charge is -2.46. The van der Waals surface area contributed by atoms with E-state index in [1.165, 1.54) is 0 Å². The summed E-state index contributed by atoms with van der Waals surface area (Å²) in [6.07, 6.45) is 1.22. The van der Waals surface area contributed by atoms with Gasteiger partial charge in [-0.2, -0.15) is 0 Å². The summed E-state index contributed by atoms with van der Waals surface area (Å²) in [4.78, 5) is 0. The summed E-state index contributed by atoms with van der Waals surface area (Å²) in [6.45, 7) is 4.24. The predicted octanol–water partition coefficient (Wildman–Crippen LogP) is 4.50. The molecule has 0 aliphatic heterocycles. The topological polar surface area (TPSA) is 20.2 Å². The molecule has 1 aliphatic rings. The Balaban J connectivity index is 2.28. The molecule has 0 atom stereocenters. The van der Waals surface area contributed by atoms with Crippen molar-refractivity contribution in [1.82, 2.24) is 0 Å². The summed E-state index contributed by atoms with van der Waals surface area (Å²) in [6, 6.07) is 3.29. The van der Waals surface area contributed by atoms with E-state index in [4.69, 9.17) is 11.6 Å². The Morgan fingerprint density at radius 1 is 1.47 bits per heavy atom. The first-order valence-electron chi connectivity index (χ1n) is 5.71. The summed E-state index contributed by atoms with van der Waals surface area (Å²) in [7, 11) is 0. The van der Waals surface area contributed by atoms with Gasteiger partial charge in [0.15, 0.2) is 0 Å². The van der Waals surface area contributed by atoms with Crippen LogP contribution in [0.5, 0.6) is 0 Å². The van der Waals surface area contributed by atoms with Gasteiger partial charge in [0.2, 0.25) is 0 Å². The molecule has 0 saturated heterocycles. The van der Waals surface area contributed by atoms with Gasteiger partial charge in [-0.25, -0.2) is 4.39 Å². The molecule has 1 fully saturated rings. The zero-order chi connectivity index (χ0) is 12.8. The minimum absolute atomic E-state index is 0.0453. The highest BCUT2D eigenvalue weighted by molar-refractivity contribution is 9.10. The van der Waals surface area contributed by atoms with Crippen LogP contribution < -0.4 is 0 Å². The fourth-order valence-corrected chi connectivity index (χ4v) is 2.86. The first kappa shape index (κ1) is 13.3. The van der Waals surface area contributed by atoms with Crippen LogP contribution in [0.3, 0.4) is 0 Å². The summed E-state index contributed by atoms with van der Waals surface area (Å²) >= 11 is 9.00. The monoisotopic (exact) mass is 320 g/mol. The van der Waals surface area contributed by atoms with Crippen LogP contribution in [0.4, 0.5) is 4.39 Å². The van der Waals surface area contributed by atoms with Gasteiger partial charge in [0.05, 0.1) is 10.6 Å². The third-order valence-electron chi connectivity index (χ3n) is 3.68. The van der Waals surface area contributed by atoms with E-state index in [0.29, 0.717) is 34.7 Å². The molecule has 1 saturated carbocycles. The molecule has 0 amide bonds. The smallest absolute Gasteiger partial charge is 0.149 e. The molecule has 1 N–H and O–H groups in total. The quantitative estimate of drug-likeness (QED) is 0.795. The van der Waals surface area contributed by atoms with Gasteiger partial charge in [-0.05, 0) is 46.7 Å². The van der Waals surface area contributed by atoms with Crippen LogP contribution in [0.2, 0.25) is 5.02 Å². The van der Waals surface area contributed by atoms with Crippen molar-refractivity contribution in [2.24, 2.45) is 11.8 Å². The molecule has 2 rings (SSSR count). The molecule has 0 bridgehead atoms. The minimum Gasteiger partial charge on any atom is -0.385 e. The summed E-state index contributed by atoms with van der Waals surface area (Å²) in [5.74, 6) is 0.469. The van der Waals surface area contributed by atoms with Crippen molar-refractivity contribution in [1.29, 1.82) is 0 Å². The molecule has 0 radical (unpaired) electrons. The van der Waals surface area contributed by atoms with Crippen molar-refractivity contribution < 1.29 is 9.50 Å². The molecule has 1 aromatic rings. The lowest BCUT2D eigenvalue weighted by molar-refractivity contribution is -0.0955. The SMILES string of the molecule is CC(C)C1CC(O)(c2ccc(Br)c(Cl)c2F)C1. The fraction of sp³-hybridized carbons (Fsp3) is 0.538. The lowest BCUT2D eigenvalue weighted by Crippen LogP contribution is -2.43. The maximum atomic E-state index is 14.0. The van der Waals surface area contributed by atoms with Crippen LogP contribution in [0.25, 0.3) is 0 Å². The second kappa shape index (κ2) is 4.52. The second-order valence-corrected chi connectivity index (χ2v) is 6.40. The van der Waals surface area contributed by atoms with Crippen molar-refractivity contribution in [3.05, 3.63) is 33.0 Å². The normalized spacial score (nSPS) is 28.3. The first-order chi connectivity index (χ1) is 7.85. The molecule has 1 aliphatic carbocycles. The highest BCUT2D eigenvalue weighted by atomic mass is 79.9. The van der Waals surface area contributed by atoms with Crippen LogP contribution in [0.1, 0.15) is 32.3 Å². The number of halogens is 3.